The zero-order chi connectivity index (χ0) is 14.3. The average Bonchev–Trinajstić information content (AvgIpc) is 2.79. The third kappa shape index (κ3) is 2.26. The molecule has 2 aromatic carbocycles. The average molecular weight is 330 g/mol. The van der Waals surface area contributed by atoms with Crippen LogP contribution in [0.4, 0.5) is 4.39 Å². The van der Waals surface area contributed by atoms with Crippen LogP contribution in [0, 0.1) is 5.82 Å². The highest BCUT2D eigenvalue weighted by molar-refractivity contribution is 6.31. The molecule has 0 fully saturated rings. The number of rotatable bonds is 2. The van der Waals surface area contributed by atoms with Gasteiger partial charge in [0.15, 0.2) is 0 Å². The number of imidazole rings is 1. The van der Waals surface area contributed by atoms with Gasteiger partial charge in [0.05, 0.1) is 22.6 Å². The van der Waals surface area contributed by atoms with E-state index in [1.807, 2.05) is 0 Å². The normalized spacial score (nSPS) is 11.2. The molecule has 0 saturated heterocycles. The molecule has 0 amide bonds. The molecule has 3 aromatic rings. The summed E-state index contributed by atoms with van der Waals surface area (Å²) in [7, 11) is 0. The molecule has 0 radical (unpaired) electrons. The van der Waals surface area contributed by atoms with Gasteiger partial charge in [-0.1, -0.05) is 23.2 Å². The summed E-state index contributed by atoms with van der Waals surface area (Å²) in [4.78, 5) is 4.38. The summed E-state index contributed by atoms with van der Waals surface area (Å²) in [6.45, 7) is 0. The second-order valence-electron chi connectivity index (χ2n) is 4.23. The topological polar surface area (TPSA) is 17.8 Å². The van der Waals surface area contributed by atoms with E-state index in [1.54, 1.807) is 22.8 Å². The van der Waals surface area contributed by atoms with Crippen LogP contribution in [0.25, 0.3) is 16.7 Å². The van der Waals surface area contributed by atoms with Crippen molar-refractivity contribution in [1.82, 2.24) is 9.55 Å². The lowest BCUT2D eigenvalue weighted by Crippen LogP contribution is -2.02. The van der Waals surface area contributed by atoms with Gasteiger partial charge in [-0.15, -0.1) is 11.6 Å². The SMILES string of the molecule is Fc1ccc(Cl)cc1-n1c(CCl)nc2ccc(Cl)cc21. The van der Waals surface area contributed by atoms with E-state index in [-0.39, 0.29) is 5.88 Å². The lowest BCUT2D eigenvalue weighted by atomic mass is 10.2. The fourth-order valence-electron chi connectivity index (χ4n) is 2.11. The Morgan fingerprint density at radius 1 is 1.05 bits per heavy atom. The first-order valence-corrected chi connectivity index (χ1v) is 7.07. The number of fused-ring (bicyclic) bond motifs is 1. The molecule has 20 heavy (non-hydrogen) atoms. The van der Waals surface area contributed by atoms with Gasteiger partial charge in [0.2, 0.25) is 0 Å². The molecule has 102 valence electrons. The van der Waals surface area contributed by atoms with Crippen LogP contribution in [0.5, 0.6) is 0 Å². The van der Waals surface area contributed by atoms with Crippen LogP contribution in [0.1, 0.15) is 5.82 Å². The van der Waals surface area contributed by atoms with Crippen LogP contribution in [-0.4, -0.2) is 9.55 Å². The number of benzene rings is 2. The maximum atomic E-state index is 14.1. The van der Waals surface area contributed by atoms with E-state index in [0.29, 0.717) is 32.6 Å². The van der Waals surface area contributed by atoms with Gasteiger partial charge in [-0.05, 0) is 36.4 Å². The second kappa shape index (κ2) is 5.24. The maximum absolute atomic E-state index is 14.1. The highest BCUT2D eigenvalue weighted by atomic mass is 35.5. The van der Waals surface area contributed by atoms with E-state index >= 15 is 0 Å². The zero-order valence-electron chi connectivity index (χ0n) is 10.1. The van der Waals surface area contributed by atoms with Gasteiger partial charge < -0.3 is 0 Å². The van der Waals surface area contributed by atoms with E-state index in [0.717, 1.165) is 0 Å². The fourth-order valence-corrected chi connectivity index (χ4v) is 2.63. The van der Waals surface area contributed by atoms with Crippen molar-refractivity contribution < 1.29 is 4.39 Å². The number of hydrogen-bond acceptors (Lipinski definition) is 1. The van der Waals surface area contributed by atoms with Crippen LogP contribution >= 0.6 is 34.8 Å². The van der Waals surface area contributed by atoms with Crippen molar-refractivity contribution in [2.75, 3.05) is 0 Å². The minimum atomic E-state index is -0.403. The van der Waals surface area contributed by atoms with Gasteiger partial charge in [-0.25, -0.2) is 9.37 Å². The first-order valence-electron chi connectivity index (χ1n) is 5.78. The molecule has 0 aliphatic heterocycles. The molecule has 0 aliphatic rings. The summed E-state index contributed by atoms with van der Waals surface area (Å²) in [6, 6.07) is 9.56. The monoisotopic (exact) mass is 328 g/mol. The summed E-state index contributed by atoms with van der Waals surface area (Å²) in [5.41, 5.74) is 1.69. The Balaban J connectivity index is 2.39. The van der Waals surface area contributed by atoms with Crippen molar-refractivity contribution in [2.45, 2.75) is 5.88 Å². The molecule has 0 saturated carbocycles. The van der Waals surface area contributed by atoms with Crippen LogP contribution in [0.2, 0.25) is 10.0 Å². The predicted octanol–water partition coefficient (Wildman–Crippen LogP) is 5.21. The Bertz CT molecular complexity index is 798. The minimum Gasteiger partial charge on any atom is -0.292 e. The molecule has 0 atom stereocenters. The zero-order valence-corrected chi connectivity index (χ0v) is 12.3. The fraction of sp³-hybridized carbons (Fsp3) is 0.0714. The van der Waals surface area contributed by atoms with Crippen molar-refractivity contribution >= 4 is 45.8 Å². The van der Waals surface area contributed by atoms with Crippen LogP contribution in [0.15, 0.2) is 36.4 Å². The molecule has 6 heteroatoms. The van der Waals surface area contributed by atoms with Gasteiger partial charge >= 0.3 is 0 Å². The Hall–Kier alpha value is -1.29. The van der Waals surface area contributed by atoms with Crippen molar-refractivity contribution in [3.8, 4) is 5.69 Å². The molecule has 3 rings (SSSR count). The van der Waals surface area contributed by atoms with Crippen LogP contribution in [-0.2, 0) is 5.88 Å². The number of alkyl halides is 1. The summed E-state index contributed by atoms with van der Waals surface area (Å²) in [6.07, 6.45) is 0. The van der Waals surface area contributed by atoms with E-state index in [9.17, 15) is 4.39 Å². The molecule has 1 heterocycles. The Kier molecular flexibility index (Phi) is 3.59. The Labute approximate surface area is 129 Å². The molecular weight excluding hydrogens is 322 g/mol. The quantitative estimate of drug-likeness (QED) is 0.590. The molecule has 0 unspecified atom stereocenters. The number of hydrogen-bond donors (Lipinski definition) is 0. The molecule has 0 bridgehead atoms. The third-order valence-corrected chi connectivity index (χ3v) is 3.66. The Morgan fingerprint density at radius 2 is 1.75 bits per heavy atom. The number of halogens is 4. The lowest BCUT2D eigenvalue weighted by Gasteiger charge is -2.09. The molecule has 2 nitrogen and oxygen atoms in total. The van der Waals surface area contributed by atoms with E-state index in [1.165, 1.54) is 18.2 Å². The smallest absolute Gasteiger partial charge is 0.147 e. The second-order valence-corrected chi connectivity index (χ2v) is 5.37. The molecule has 1 aromatic heterocycles. The van der Waals surface area contributed by atoms with Gasteiger partial charge in [-0.2, -0.15) is 0 Å². The van der Waals surface area contributed by atoms with Gasteiger partial charge in [0.25, 0.3) is 0 Å². The standard InChI is InChI=1S/C14H8Cl3FN2/c15-7-14-19-11-4-2-9(17)6-13(11)20(14)12-5-8(16)1-3-10(12)18/h1-6H,7H2. The highest BCUT2D eigenvalue weighted by Crippen LogP contribution is 2.28. The first kappa shape index (κ1) is 13.7. The third-order valence-electron chi connectivity index (χ3n) is 2.95. The number of nitrogens with zero attached hydrogens (tertiary/aromatic N) is 2. The Morgan fingerprint density at radius 3 is 2.50 bits per heavy atom. The van der Waals surface area contributed by atoms with E-state index in [2.05, 4.69) is 4.98 Å². The first-order chi connectivity index (χ1) is 9.60. The predicted molar refractivity (Wildman–Crippen MR) is 80.6 cm³/mol. The van der Waals surface area contributed by atoms with Crippen molar-refractivity contribution in [1.29, 1.82) is 0 Å². The van der Waals surface area contributed by atoms with Gasteiger partial charge in [0, 0.05) is 10.0 Å². The highest BCUT2D eigenvalue weighted by Gasteiger charge is 2.15. The lowest BCUT2D eigenvalue weighted by molar-refractivity contribution is 0.618. The molecule has 0 N–H and O–H groups in total. The maximum Gasteiger partial charge on any atom is 0.147 e. The molecule has 0 spiro atoms. The van der Waals surface area contributed by atoms with E-state index < -0.39 is 5.82 Å². The van der Waals surface area contributed by atoms with Crippen molar-refractivity contribution in [3.05, 3.63) is 58.1 Å². The summed E-state index contributed by atoms with van der Waals surface area (Å²) in [5, 5.41) is 0.980. The summed E-state index contributed by atoms with van der Waals surface area (Å²) >= 11 is 17.9. The van der Waals surface area contributed by atoms with Crippen LogP contribution in [0.3, 0.4) is 0 Å². The summed E-state index contributed by atoms with van der Waals surface area (Å²) in [5.74, 6) is 0.281. The van der Waals surface area contributed by atoms with Gasteiger partial charge in [-0.3, -0.25) is 4.57 Å². The van der Waals surface area contributed by atoms with Crippen LogP contribution < -0.4 is 0 Å². The molecule has 0 aliphatic carbocycles. The largest absolute Gasteiger partial charge is 0.292 e. The number of aromatic nitrogens is 2. The van der Waals surface area contributed by atoms with Gasteiger partial charge in [0.1, 0.15) is 11.6 Å². The summed E-state index contributed by atoms with van der Waals surface area (Å²) < 4.78 is 15.7. The van der Waals surface area contributed by atoms with E-state index in [4.69, 9.17) is 34.8 Å². The minimum absolute atomic E-state index is 0.151. The van der Waals surface area contributed by atoms with Crippen molar-refractivity contribution in [2.24, 2.45) is 0 Å². The van der Waals surface area contributed by atoms with Crippen molar-refractivity contribution in [3.63, 3.8) is 0 Å². The molecular formula is C14H8Cl3FN2.